The average molecular weight is 258 g/mol. The van der Waals surface area contributed by atoms with Gasteiger partial charge >= 0.3 is 0 Å². The standard InChI is InChI=1S/C19H16N/c1-15(17-10-7-13-20-14-17)18-11-5-6-12-19(18)16-8-3-2-4-9-16/h2-14H,1H3. The van der Waals surface area contributed by atoms with Gasteiger partial charge in [0.2, 0.25) is 0 Å². The molecule has 0 bridgehead atoms. The molecule has 1 heteroatoms. The van der Waals surface area contributed by atoms with E-state index in [1.165, 1.54) is 22.6 Å². The van der Waals surface area contributed by atoms with Gasteiger partial charge in [-0.2, -0.15) is 0 Å². The van der Waals surface area contributed by atoms with Crippen LogP contribution >= 0.6 is 0 Å². The lowest BCUT2D eigenvalue weighted by atomic mass is 9.88. The second-order valence-electron chi connectivity index (χ2n) is 4.78. The number of hydrogen-bond donors (Lipinski definition) is 0. The van der Waals surface area contributed by atoms with Crippen LogP contribution in [0, 0.1) is 5.92 Å². The van der Waals surface area contributed by atoms with Crippen LogP contribution in [0.15, 0.2) is 79.1 Å². The maximum absolute atomic E-state index is 4.21. The SMILES string of the molecule is C[C](c1cccnc1)c1ccccc1-c1ccccc1. The van der Waals surface area contributed by atoms with Gasteiger partial charge in [-0.3, -0.25) is 4.98 Å². The third kappa shape index (κ3) is 2.48. The predicted octanol–water partition coefficient (Wildman–Crippen LogP) is 4.74. The molecule has 0 unspecified atom stereocenters. The molecule has 1 radical (unpaired) electrons. The second kappa shape index (κ2) is 5.70. The number of hydrogen-bond acceptors (Lipinski definition) is 1. The zero-order valence-corrected chi connectivity index (χ0v) is 11.5. The minimum absolute atomic E-state index is 1.16. The lowest BCUT2D eigenvalue weighted by Gasteiger charge is -2.16. The highest BCUT2D eigenvalue weighted by molar-refractivity contribution is 5.71. The van der Waals surface area contributed by atoms with Gasteiger partial charge in [0.25, 0.3) is 0 Å². The Hall–Kier alpha value is -2.41. The van der Waals surface area contributed by atoms with Crippen molar-refractivity contribution in [2.75, 3.05) is 0 Å². The van der Waals surface area contributed by atoms with Gasteiger partial charge in [0.15, 0.2) is 0 Å². The monoisotopic (exact) mass is 258 g/mol. The molecule has 1 nitrogen and oxygen atoms in total. The van der Waals surface area contributed by atoms with Crippen LogP contribution in [-0.2, 0) is 0 Å². The van der Waals surface area contributed by atoms with Crippen LogP contribution in [0.3, 0.4) is 0 Å². The maximum atomic E-state index is 4.21. The molecule has 3 rings (SSSR count). The molecule has 0 saturated heterocycles. The number of rotatable bonds is 3. The molecule has 1 heterocycles. The van der Waals surface area contributed by atoms with Gasteiger partial charge in [-0.1, -0.05) is 67.6 Å². The zero-order valence-electron chi connectivity index (χ0n) is 11.5. The van der Waals surface area contributed by atoms with Crippen molar-refractivity contribution in [3.63, 3.8) is 0 Å². The van der Waals surface area contributed by atoms with Crippen LogP contribution in [0.25, 0.3) is 11.1 Å². The first-order chi connectivity index (χ1) is 9.86. The predicted molar refractivity (Wildman–Crippen MR) is 83.2 cm³/mol. The first-order valence-corrected chi connectivity index (χ1v) is 6.75. The van der Waals surface area contributed by atoms with Crippen molar-refractivity contribution in [1.82, 2.24) is 4.98 Å². The van der Waals surface area contributed by atoms with Crippen LogP contribution in [0.5, 0.6) is 0 Å². The zero-order chi connectivity index (χ0) is 13.8. The summed E-state index contributed by atoms with van der Waals surface area (Å²) in [6, 6.07) is 23.1. The molecule has 0 atom stereocenters. The number of benzene rings is 2. The molecule has 0 saturated carbocycles. The van der Waals surface area contributed by atoms with Crippen LogP contribution in [0.2, 0.25) is 0 Å². The average Bonchev–Trinajstić information content (AvgIpc) is 2.56. The molecule has 0 fully saturated rings. The third-order valence-corrected chi connectivity index (χ3v) is 3.51. The molecule has 0 N–H and O–H groups in total. The summed E-state index contributed by atoms with van der Waals surface area (Å²) in [6.45, 7) is 2.15. The van der Waals surface area contributed by atoms with Crippen molar-refractivity contribution >= 4 is 0 Å². The quantitative estimate of drug-likeness (QED) is 0.661. The topological polar surface area (TPSA) is 12.9 Å². The van der Waals surface area contributed by atoms with E-state index in [-0.39, 0.29) is 0 Å². The smallest absolute Gasteiger partial charge is 0.0331 e. The van der Waals surface area contributed by atoms with Gasteiger partial charge < -0.3 is 0 Å². The molecule has 97 valence electrons. The molecule has 0 aliphatic rings. The van der Waals surface area contributed by atoms with Crippen LogP contribution in [0.1, 0.15) is 18.1 Å². The Bertz CT molecular complexity index is 674. The van der Waals surface area contributed by atoms with Crippen LogP contribution in [0.4, 0.5) is 0 Å². The summed E-state index contributed by atoms with van der Waals surface area (Å²) in [4.78, 5) is 4.21. The second-order valence-corrected chi connectivity index (χ2v) is 4.78. The van der Waals surface area contributed by atoms with E-state index in [1.807, 2.05) is 18.3 Å². The van der Waals surface area contributed by atoms with Gasteiger partial charge in [-0.25, -0.2) is 0 Å². The minimum atomic E-state index is 1.16. The molecule has 0 spiro atoms. The molecular formula is C19H16N. The molecular weight excluding hydrogens is 242 g/mol. The van der Waals surface area contributed by atoms with Crippen molar-refractivity contribution in [2.24, 2.45) is 0 Å². The summed E-state index contributed by atoms with van der Waals surface area (Å²) in [6.07, 6.45) is 3.72. The number of nitrogens with zero attached hydrogens (tertiary/aromatic N) is 1. The summed E-state index contributed by atoms with van der Waals surface area (Å²) in [7, 11) is 0. The van der Waals surface area contributed by atoms with E-state index in [4.69, 9.17) is 0 Å². The van der Waals surface area contributed by atoms with Gasteiger partial charge in [0, 0.05) is 18.3 Å². The Kier molecular flexibility index (Phi) is 3.60. The number of pyridine rings is 1. The van der Waals surface area contributed by atoms with Gasteiger partial charge in [-0.15, -0.1) is 0 Å². The van der Waals surface area contributed by atoms with Gasteiger partial charge in [-0.05, 0) is 28.3 Å². The Morgan fingerprint density at radius 1 is 0.800 bits per heavy atom. The number of aromatic nitrogens is 1. The first kappa shape index (κ1) is 12.6. The largest absolute Gasteiger partial charge is 0.264 e. The molecule has 0 amide bonds. The van der Waals surface area contributed by atoms with Gasteiger partial charge in [0.1, 0.15) is 0 Å². The summed E-state index contributed by atoms with van der Waals surface area (Å²) < 4.78 is 0. The van der Waals surface area contributed by atoms with E-state index in [0.717, 1.165) is 5.56 Å². The Morgan fingerprint density at radius 2 is 1.55 bits per heavy atom. The van der Waals surface area contributed by atoms with E-state index in [0.29, 0.717) is 0 Å². The van der Waals surface area contributed by atoms with E-state index >= 15 is 0 Å². The summed E-state index contributed by atoms with van der Waals surface area (Å²) in [5.41, 5.74) is 4.92. The lowest BCUT2D eigenvalue weighted by molar-refractivity contribution is 1.15. The van der Waals surface area contributed by atoms with E-state index in [1.54, 1.807) is 6.20 Å². The molecule has 20 heavy (non-hydrogen) atoms. The summed E-state index contributed by atoms with van der Waals surface area (Å²) >= 11 is 0. The molecule has 2 aromatic carbocycles. The molecule has 3 aromatic rings. The Balaban J connectivity index is 2.07. The highest BCUT2D eigenvalue weighted by atomic mass is 14.6. The van der Waals surface area contributed by atoms with Gasteiger partial charge in [0.05, 0.1) is 0 Å². The summed E-state index contributed by atoms with van der Waals surface area (Å²) in [5, 5.41) is 0. The normalized spacial score (nSPS) is 10.7. The summed E-state index contributed by atoms with van der Waals surface area (Å²) in [5.74, 6) is 1.25. The van der Waals surface area contributed by atoms with Crippen LogP contribution < -0.4 is 0 Å². The highest BCUT2D eigenvalue weighted by Crippen LogP contribution is 2.31. The van der Waals surface area contributed by atoms with Crippen molar-refractivity contribution in [2.45, 2.75) is 6.92 Å². The molecule has 1 aromatic heterocycles. The minimum Gasteiger partial charge on any atom is -0.264 e. The van der Waals surface area contributed by atoms with E-state index < -0.39 is 0 Å². The van der Waals surface area contributed by atoms with Crippen molar-refractivity contribution in [1.29, 1.82) is 0 Å². The Morgan fingerprint density at radius 3 is 2.30 bits per heavy atom. The Labute approximate surface area is 119 Å². The van der Waals surface area contributed by atoms with E-state index in [9.17, 15) is 0 Å². The van der Waals surface area contributed by atoms with Crippen molar-refractivity contribution in [3.05, 3.63) is 96.2 Å². The molecule has 0 aliphatic carbocycles. The third-order valence-electron chi connectivity index (χ3n) is 3.51. The van der Waals surface area contributed by atoms with Crippen molar-refractivity contribution < 1.29 is 0 Å². The lowest BCUT2D eigenvalue weighted by Crippen LogP contribution is -2.00. The first-order valence-electron chi connectivity index (χ1n) is 6.75. The van der Waals surface area contributed by atoms with Crippen molar-refractivity contribution in [3.8, 4) is 11.1 Å². The fourth-order valence-electron chi connectivity index (χ4n) is 2.42. The maximum Gasteiger partial charge on any atom is 0.0331 e. The fraction of sp³-hybridized carbons (Fsp3) is 0.0526. The van der Waals surface area contributed by atoms with Crippen LogP contribution in [-0.4, -0.2) is 4.98 Å². The van der Waals surface area contributed by atoms with E-state index in [2.05, 4.69) is 66.5 Å². The molecule has 0 aliphatic heterocycles. The fourth-order valence-corrected chi connectivity index (χ4v) is 2.42. The highest BCUT2D eigenvalue weighted by Gasteiger charge is 2.13.